The number of carbonyl (C=O) groups is 1. The van der Waals surface area contributed by atoms with Crippen LogP contribution in [0.5, 0.6) is 0 Å². The van der Waals surface area contributed by atoms with Gasteiger partial charge < -0.3 is 15.0 Å². The van der Waals surface area contributed by atoms with Crippen molar-refractivity contribution in [3.8, 4) is 0 Å². The Bertz CT molecular complexity index is 1220. The van der Waals surface area contributed by atoms with Crippen LogP contribution in [0.15, 0.2) is 79.0 Å². The first-order chi connectivity index (χ1) is 13.6. The van der Waals surface area contributed by atoms with Crippen LogP contribution in [0.4, 0.5) is 5.69 Å². The summed E-state index contributed by atoms with van der Waals surface area (Å²) in [6.07, 6.45) is 1.72. The summed E-state index contributed by atoms with van der Waals surface area (Å²) >= 11 is 6.32. The highest BCUT2D eigenvalue weighted by atomic mass is 35.5. The van der Waals surface area contributed by atoms with E-state index in [0.29, 0.717) is 28.4 Å². The number of H-pyrrole nitrogens is 1. The Morgan fingerprint density at radius 3 is 2.50 bits per heavy atom. The summed E-state index contributed by atoms with van der Waals surface area (Å²) in [5.74, 6) is -0.377. The molecule has 0 spiro atoms. The first kappa shape index (κ1) is 17.0. The highest BCUT2D eigenvalue weighted by Crippen LogP contribution is 2.46. The number of hydrogen-bond donors (Lipinski definition) is 2. The molecule has 1 amide bonds. The molecule has 4 aromatic rings. The van der Waals surface area contributed by atoms with Gasteiger partial charge in [-0.05, 0) is 23.8 Å². The van der Waals surface area contributed by atoms with Crippen molar-refractivity contribution in [3.05, 3.63) is 101 Å². The lowest BCUT2D eigenvalue weighted by Crippen LogP contribution is -2.40. The third kappa shape index (κ3) is 2.32. The molecular formula is C23H17ClN2O2. The van der Waals surface area contributed by atoms with Crippen molar-refractivity contribution in [1.82, 2.24) is 4.98 Å². The van der Waals surface area contributed by atoms with E-state index >= 15 is 0 Å². The summed E-state index contributed by atoms with van der Waals surface area (Å²) in [4.78, 5) is 18.3. The first-order valence-corrected chi connectivity index (χ1v) is 9.42. The molecule has 2 N–H and O–H groups in total. The van der Waals surface area contributed by atoms with Gasteiger partial charge in [-0.2, -0.15) is 0 Å². The second-order valence-electron chi connectivity index (χ2n) is 6.96. The molecule has 5 rings (SSSR count). The number of amides is 1. The molecule has 28 heavy (non-hydrogen) atoms. The molecule has 0 bridgehead atoms. The lowest BCUT2D eigenvalue weighted by Gasteiger charge is -2.23. The zero-order valence-corrected chi connectivity index (χ0v) is 15.6. The van der Waals surface area contributed by atoms with Crippen LogP contribution in [0.3, 0.4) is 0 Å². The van der Waals surface area contributed by atoms with Crippen molar-refractivity contribution in [2.24, 2.45) is 0 Å². The summed E-state index contributed by atoms with van der Waals surface area (Å²) in [6.45, 7) is 0.292. The Balaban J connectivity index is 1.68. The average molecular weight is 389 g/mol. The summed E-state index contributed by atoms with van der Waals surface area (Å²) in [7, 11) is 0. The summed E-state index contributed by atoms with van der Waals surface area (Å²) in [5, 5.41) is 13.2. The molecule has 0 fully saturated rings. The molecule has 3 aromatic carbocycles. The number of halogens is 1. The molecule has 5 heteroatoms. The smallest absolute Gasteiger partial charge is 0.268 e. The molecule has 4 nitrogen and oxygen atoms in total. The molecule has 1 atom stereocenters. The van der Waals surface area contributed by atoms with E-state index in [1.54, 1.807) is 17.2 Å². The van der Waals surface area contributed by atoms with E-state index in [9.17, 15) is 9.90 Å². The number of nitrogens with zero attached hydrogens (tertiary/aromatic N) is 1. The number of aliphatic hydroxyl groups is 1. The van der Waals surface area contributed by atoms with Gasteiger partial charge in [0, 0.05) is 33.2 Å². The van der Waals surface area contributed by atoms with E-state index in [-0.39, 0.29) is 5.91 Å². The van der Waals surface area contributed by atoms with E-state index in [2.05, 4.69) is 4.98 Å². The molecule has 2 heterocycles. The van der Waals surface area contributed by atoms with Crippen LogP contribution >= 0.6 is 11.6 Å². The molecular weight excluding hydrogens is 372 g/mol. The van der Waals surface area contributed by atoms with E-state index in [4.69, 9.17) is 11.6 Å². The number of aromatic amines is 1. The Morgan fingerprint density at radius 2 is 1.64 bits per heavy atom. The highest BCUT2D eigenvalue weighted by molar-refractivity contribution is 6.31. The molecule has 138 valence electrons. The second-order valence-corrected chi connectivity index (χ2v) is 7.37. The topological polar surface area (TPSA) is 56.3 Å². The predicted octanol–water partition coefficient (Wildman–Crippen LogP) is 4.60. The number of rotatable bonds is 3. The fourth-order valence-electron chi connectivity index (χ4n) is 4.02. The first-order valence-electron chi connectivity index (χ1n) is 9.04. The van der Waals surface area contributed by atoms with Gasteiger partial charge in [-0.15, -0.1) is 0 Å². The lowest BCUT2D eigenvalue weighted by molar-refractivity contribution is -0.132. The summed E-state index contributed by atoms with van der Waals surface area (Å²) in [6, 6.07) is 22.5. The Morgan fingerprint density at radius 1 is 0.929 bits per heavy atom. The van der Waals surface area contributed by atoms with Crippen LogP contribution < -0.4 is 4.90 Å². The van der Waals surface area contributed by atoms with Gasteiger partial charge in [-0.3, -0.25) is 4.79 Å². The van der Waals surface area contributed by atoms with E-state index in [1.807, 2.05) is 66.7 Å². The van der Waals surface area contributed by atoms with E-state index < -0.39 is 5.60 Å². The summed E-state index contributed by atoms with van der Waals surface area (Å²) in [5.41, 5.74) is 1.78. The van der Waals surface area contributed by atoms with Crippen molar-refractivity contribution < 1.29 is 9.90 Å². The van der Waals surface area contributed by atoms with Gasteiger partial charge in [-0.1, -0.05) is 66.2 Å². The lowest BCUT2D eigenvalue weighted by atomic mass is 9.87. The second kappa shape index (κ2) is 6.23. The minimum atomic E-state index is -1.75. The van der Waals surface area contributed by atoms with E-state index in [0.717, 1.165) is 16.5 Å². The fraction of sp³-hybridized carbons (Fsp3) is 0.0870. The molecule has 0 saturated heterocycles. The average Bonchev–Trinajstić information content (AvgIpc) is 3.24. The number of hydrogen-bond acceptors (Lipinski definition) is 2. The molecule has 1 aliphatic rings. The Hall–Kier alpha value is -3.08. The SMILES string of the molecule is O=C1N(Cc2ccccc2Cl)c2ccccc2[C@]1(O)c1c[nH]c2ccccc12. The number of fused-ring (bicyclic) bond motifs is 2. The minimum Gasteiger partial charge on any atom is -0.372 e. The molecule has 1 aliphatic heterocycles. The van der Waals surface area contributed by atoms with Crippen LogP contribution in [-0.4, -0.2) is 16.0 Å². The van der Waals surface area contributed by atoms with E-state index in [1.165, 1.54) is 0 Å². The number of nitrogens with one attached hydrogen (secondary N) is 1. The number of aromatic nitrogens is 1. The number of para-hydroxylation sites is 2. The van der Waals surface area contributed by atoms with Gasteiger partial charge >= 0.3 is 0 Å². The largest absolute Gasteiger partial charge is 0.372 e. The van der Waals surface area contributed by atoms with Crippen LogP contribution in [0.1, 0.15) is 16.7 Å². The Labute approximate surface area is 167 Å². The maximum Gasteiger partial charge on any atom is 0.268 e. The maximum absolute atomic E-state index is 13.6. The standard InChI is InChI=1S/C23H17ClN2O2/c24-19-10-4-1-7-15(19)14-26-21-12-6-3-9-17(21)23(28,22(26)27)18-13-25-20-11-5-2-8-16(18)20/h1-13,25,28H,14H2/t23-/m0/s1. The molecule has 1 aromatic heterocycles. The van der Waals surface area contributed by atoms with Crippen molar-refractivity contribution >= 4 is 34.1 Å². The third-order valence-corrected chi connectivity index (χ3v) is 5.77. The predicted molar refractivity (Wildman–Crippen MR) is 110 cm³/mol. The van der Waals surface area contributed by atoms with Crippen molar-refractivity contribution in [3.63, 3.8) is 0 Å². The monoisotopic (exact) mass is 388 g/mol. The van der Waals surface area contributed by atoms with Gasteiger partial charge in [0.25, 0.3) is 5.91 Å². The number of carbonyl (C=O) groups excluding carboxylic acids is 1. The number of benzene rings is 3. The molecule has 0 aliphatic carbocycles. The van der Waals surface area contributed by atoms with Gasteiger partial charge in [0.05, 0.1) is 12.2 Å². The van der Waals surface area contributed by atoms with Crippen LogP contribution in [0.2, 0.25) is 5.02 Å². The quantitative estimate of drug-likeness (QED) is 0.538. The normalized spacial score (nSPS) is 18.6. The van der Waals surface area contributed by atoms with Gasteiger partial charge in [0.2, 0.25) is 0 Å². The zero-order chi connectivity index (χ0) is 19.3. The fourth-order valence-corrected chi connectivity index (χ4v) is 4.22. The minimum absolute atomic E-state index is 0.292. The van der Waals surface area contributed by atoms with Gasteiger partial charge in [0.15, 0.2) is 5.60 Å². The maximum atomic E-state index is 13.6. The van der Waals surface area contributed by atoms with Crippen LogP contribution in [0, 0.1) is 0 Å². The number of anilines is 1. The van der Waals surface area contributed by atoms with Crippen molar-refractivity contribution in [2.45, 2.75) is 12.1 Å². The highest BCUT2D eigenvalue weighted by Gasteiger charge is 2.52. The van der Waals surface area contributed by atoms with Crippen LogP contribution in [-0.2, 0) is 16.9 Å². The third-order valence-electron chi connectivity index (χ3n) is 5.40. The Kier molecular flexibility index (Phi) is 3.79. The molecule has 0 unspecified atom stereocenters. The zero-order valence-electron chi connectivity index (χ0n) is 14.9. The van der Waals surface area contributed by atoms with Crippen molar-refractivity contribution in [1.29, 1.82) is 0 Å². The van der Waals surface area contributed by atoms with Gasteiger partial charge in [0.1, 0.15) is 0 Å². The molecule has 0 saturated carbocycles. The van der Waals surface area contributed by atoms with Crippen LogP contribution in [0.25, 0.3) is 10.9 Å². The van der Waals surface area contributed by atoms with Crippen molar-refractivity contribution in [2.75, 3.05) is 4.90 Å². The summed E-state index contributed by atoms with van der Waals surface area (Å²) < 4.78 is 0. The van der Waals surface area contributed by atoms with Gasteiger partial charge in [-0.25, -0.2) is 0 Å². The molecule has 0 radical (unpaired) electrons.